The van der Waals surface area contributed by atoms with Crippen molar-refractivity contribution in [2.75, 3.05) is 13.1 Å². The fourth-order valence-corrected chi connectivity index (χ4v) is 3.72. The molecule has 1 aliphatic heterocycles. The maximum atomic E-state index is 12.6. The molecule has 1 aliphatic rings. The van der Waals surface area contributed by atoms with Gasteiger partial charge in [-0.05, 0) is 64.4 Å². The number of pyridine rings is 1. The molecule has 1 fully saturated rings. The Kier molecular flexibility index (Phi) is 5.39. The van der Waals surface area contributed by atoms with Gasteiger partial charge in [-0.3, -0.25) is 4.79 Å². The summed E-state index contributed by atoms with van der Waals surface area (Å²) in [5.41, 5.74) is 4.09. The van der Waals surface area contributed by atoms with Crippen molar-refractivity contribution < 1.29 is 4.79 Å². The molecule has 9 nitrogen and oxygen atoms in total. The first-order chi connectivity index (χ1) is 14.0. The summed E-state index contributed by atoms with van der Waals surface area (Å²) in [6, 6.07) is 6.16. The molecule has 0 spiro atoms. The first kappa shape index (κ1) is 19.3. The number of nitrogens with zero attached hydrogens (tertiary/aromatic N) is 6. The fourth-order valence-electron chi connectivity index (χ4n) is 3.72. The molecule has 0 aliphatic carbocycles. The standard InChI is InChI=1S/C20H26N8O/c1-13-10-14(2)27(25-13)18-5-4-16(11-22-18)12-23-20(29)19-15(3)28(26-24-19)17-6-8-21-9-7-17/h4-5,10-11,17,21H,6-9,12H2,1-3H3,(H,23,29). The summed E-state index contributed by atoms with van der Waals surface area (Å²) in [6.07, 6.45) is 3.75. The molecule has 4 rings (SSSR count). The second-order valence-electron chi connectivity index (χ2n) is 7.50. The molecule has 2 N–H and O–H groups in total. The first-order valence-corrected chi connectivity index (χ1v) is 9.92. The van der Waals surface area contributed by atoms with E-state index >= 15 is 0 Å². The van der Waals surface area contributed by atoms with E-state index in [4.69, 9.17) is 0 Å². The Balaban J connectivity index is 1.39. The highest BCUT2D eigenvalue weighted by Crippen LogP contribution is 2.20. The summed E-state index contributed by atoms with van der Waals surface area (Å²) in [6.45, 7) is 8.16. The van der Waals surface area contributed by atoms with Crippen molar-refractivity contribution in [2.24, 2.45) is 0 Å². The van der Waals surface area contributed by atoms with Gasteiger partial charge < -0.3 is 10.6 Å². The van der Waals surface area contributed by atoms with Gasteiger partial charge in [0.05, 0.1) is 17.4 Å². The van der Waals surface area contributed by atoms with Crippen molar-refractivity contribution in [3.05, 3.63) is 52.7 Å². The van der Waals surface area contributed by atoms with Crippen LogP contribution in [-0.2, 0) is 6.54 Å². The summed E-state index contributed by atoms with van der Waals surface area (Å²) in [5, 5.41) is 19.0. The number of carbonyl (C=O) groups is 1. The topological polar surface area (TPSA) is 103 Å². The number of aromatic nitrogens is 6. The normalized spacial score (nSPS) is 14.9. The van der Waals surface area contributed by atoms with Crippen LogP contribution in [0.1, 0.15) is 52.0 Å². The number of rotatable bonds is 5. The molecule has 3 aromatic rings. The van der Waals surface area contributed by atoms with Crippen molar-refractivity contribution in [3.63, 3.8) is 0 Å². The second kappa shape index (κ2) is 8.12. The van der Waals surface area contributed by atoms with E-state index in [9.17, 15) is 4.79 Å². The van der Waals surface area contributed by atoms with Gasteiger partial charge in [0, 0.05) is 18.4 Å². The molecule has 29 heavy (non-hydrogen) atoms. The molecule has 9 heteroatoms. The highest BCUT2D eigenvalue weighted by atomic mass is 16.2. The molecular weight excluding hydrogens is 368 g/mol. The fraction of sp³-hybridized carbons (Fsp3) is 0.450. The van der Waals surface area contributed by atoms with Gasteiger partial charge in [-0.25, -0.2) is 14.3 Å². The van der Waals surface area contributed by atoms with E-state index in [1.807, 2.05) is 43.7 Å². The highest BCUT2D eigenvalue weighted by molar-refractivity contribution is 5.93. The van der Waals surface area contributed by atoms with Crippen LogP contribution in [0.4, 0.5) is 0 Å². The molecule has 0 bridgehead atoms. The lowest BCUT2D eigenvalue weighted by molar-refractivity contribution is 0.0945. The average molecular weight is 394 g/mol. The molecule has 3 aromatic heterocycles. The molecule has 1 amide bonds. The summed E-state index contributed by atoms with van der Waals surface area (Å²) in [5.74, 6) is 0.539. The third-order valence-corrected chi connectivity index (χ3v) is 5.29. The van der Waals surface area contributed by atoms with Crippen LogP contribution in [0.25, 0.3) is 5.82 Å². The molecule has 1 saturated heterocycles. The number of piperidine rings is 1. The summed E-state index contributed by atoms with van der Waals surface area (Å²) in [4.78, 5) is 17.1. The van der Waals surface area contributed by atoms with Crippen molar-refractivity contribution >= 4 is 5.91 Å². The zero-order chi connectivity index (χ0) is 20.4. The second-order valence-corrected chi connectivity index (χ2v) is 7.50. The van der Waals surface area contributed by atoms with E-state index in [1.165, 1.54) is 0 Å². The van der Waals surface area contributed by atoms with E-state index < -0.39 is 0 Å². The predicted molar refractivity (Wildman–Crippen MR) is 108 cm³/mol. The van der Waals surface area contributed by atoms with Crippen molar-refractivity contribution in [3.8, 4) is 5.82 Å². The Labute approximate surface area is 169 Å². The summed E-state index contributed by atoms with van der Waals surface area (Å²) < 4.78 is 3.70. The molecule has 4 heterocycles. The monoisotopic (exact) mass is 394 g/mol. The van der Waals surface area contributed by atoms with Crippen LogP contribution in [-0.4, -0.2) is 48.8 Å². The van der Waals surface area contributed by atoms with Crippen LogP contribution in [0.3, 0.4) is 0 Å². The number of nitrogens with one attached hydrogen (secondary N) is 2. The van der Waals surface area contributed by atoms with Crippen LogP contribution >= 0.6 is 0 Å². The molecule has 0 atom stereocenters. The van der Waals surface area contributed by atoms with Gasteiger partial charge in [0.15, 0.2) is 11.5 Å². The smallest absolute Gasteiger partial charge is 0.274 e. The number of amides is 1. The summed E-state index contributed by atoms with van der Waals surface area (Å²) in [7, 11) is 0. The number of hydrogen-bond acceptors (Lipinski definition) is 6. The van der Waals surface area contributed by atoms with Crippen LogP contribution in [0.2, 0.25) is 0 Å². The number of aryl methyl sites for hydroxylation is 2. The molecule has 0 aromatic carbocycles. The van der Waals surface area contributed by atoms with Gasteiger partial charge in [-0.15, -0.1) is 5.10 Å². The van der Waals surface area contributed by atoms with Crippen LogP contribution < -0.4 is 10.6 Å². The molecule has 152 valence electrons. The van der Waals surface area contributed by atoms with Gasteiger partial charge in [0.25, 0.3) is 5.91 Å². The lowest BCUT2D eigenvalue weighted by Gasteiger charge is -2.23. The quantitative estimate of drug-likeness (QED) is 0.682. The maximum absolute atomic E-state index is 12.6. The zero-order valence-corrected chi connectivity index (χ0v) is 17.0. The highest BCUT2D eigenvalue weighted by Gasteiger charge is 2.22. The Hall–Kier alpha value is -3.07. The minimum absolute atomic E-state index is 0.217. The number of hydrogen-bond donors (Lipinski definition) is 2. The van der Waals surface area contributed by atoms with Gasteiger partial charge >= 0.3 is 0 Å². The molecule has 0 unspecified atom stereocenters. The van der Waals surface area contributed by atoms with E-state index in [0.29, 0.717) is 18.3 Å². The Morgan fingerprint density at radius 1 is 1.24 bits per heavy atom. The van der Waals surface area contributed by atoms with Gasteiger partial charge in [-0.1, -0.05) is 11.3 Å². The zero-order valence-electron chi connectivity index (χ0n) is 17.0. The van der Waals surface area contributed by atoms with Gasteiger partial charge in [-0.2, -0.15) is 5.10 Å². The largest absolute Gasteiger partial charge is 0.346 e. The molecule has 0 saturated carbocycles. The van der Waals surface area contributed by atoms with E-state index in [1.54, 1.807) is 10.9 Å². The Morgan fingerprint density at radius 3 is 2.69 bits per heavy atom. The maximum Gasteiger partial charge on any atom is 0.274 e. The van der Waals surface area contributed by atoms with Crippen LogP contribution in [0, 0.1) is 20.8 Å². The van der Waals surface area contributed by atoms with E-state index in [-0.39, 0.29) is 5.91 Å². The van der Waals surface area contributed by atoms with Crippen molar-refractivity contribution in [1.82, 2.24) is 40.4 Å². The minimum Gasteiger partial charge on any atom is -0.346 e. The van der Waals surface area contributed by atoms with Gasteiger partial charge in [0.1, 0.15) is 0 Å². The average Bonchev–Trinajstić information content (AvgIpc) is 3.28. The van der Waals surface area contributed by atoms with Gasteiger partial charge in [0.2, 0.25) is 0 Å². The lowest BCUT2D eigenvalue weighted by atomic mass is 10.1. The Morgan fingerprint density at radius 2 is 2.03 bits per heavy atom. The van der Waals surface area contributed by atoms with E-state index in [2.05, 4.69) is 31.0 Å². The summed E-state index contributed by atoms with van der Waals surface area (Å²) >= 11 is 0. The van der Waals surface area contributed by atoms with Crippen LogP contribution in [0.15, 0.2) is 24.4 Å². The Bertz CT molecular complexity index is 998. The minimum atomic E-state index is -0.217. The number of carbonyl (C=O) groups excluding carboxylic acids is 1. The third kappa shape index (κ3) is 4.04. The molecule has 0 radical (unpaired) electrons. The first-order valence-electron chi connectivity index (χ1n) is 9.92. The lowest BCUT2D eigenvalue weighted by Crippen LogP contribution is -2.30. The third-order valence-electron chi connectivity index (χ3n) is 5.29. The van der Waals surface area contributed by atoms with E-state index in [0.717, 1.165) is 54.4 Å². The van der Waals surface area contributed by atoms with Crippen LogP contribution in [0.5, 0.6) is 0 Å². The van der Waals surface area contributed by atoms with Crippen molar-refractivity contribution in [2.45, 2.75) is 46.2 Å². The molecular formula is C20H26N8O. The SMILES string of the molecule is Cc1cc(C)n(-c2ccc(CNC(=O)c3nnn(C4CCNCC4)c3C)cn2)n1. The van der Waals surface area contributed by atoms with Crippen molar-refractivity contribution in [1.29, 1.82) is 0 Å². The predicted octanol–water partition coefficient (Wildman–Crippen LogP) is 1.64.